The molecule has 0 aromatic heterocycles. The van der Waals surface area contributed by atoms with Gasteiger partial charge in [-0.2, -0.15) is 0 Å². The van der Waals surface area contributed by atoms with Gasteiger partial charge < -0.3 is 10.5 Å². The molecule has 0 unspecified atom stereocenters. The summed E-state index contributed by atoms with van der Waals surface area (Å²) in [5.41, 5.74) is 5.51. The topological polar surface area (TPSA) is 81.4 Å². The molecule has 0 saturated heterocycles. The minimum Gasteiger partial charge on any atom is -0.497 e. The summed E-state index contributed by atoms with van der Waals surface area (Å²) >= 11 is 3.25. The van der Waals surface area contributed by atoms with E-state index in [4.69, 9.17) is 10.5 Å². The van der Waals surface area contributed by atoms with Gasteiger partial charge in [0.25, 0.3) is 10.0 Å². The van der Waals surface area contributed by atoms with E-state index < -0.39 is 15.8 Å². The molecule has 0 fully saturated rings. The smallest absolute Gasteiger partial charge is 0.262 e. The summed E-state index contributed by atoms with van der Waals surface area (Å²) in [6.45, 7) is 0. The molecule has 0 radical (unpaired) electrons. The van der Waals surface area contributed by atoms with Crippen LogP contribution in [0.3, 0.4) is 0 Å². The van der Waals surface area contributed by atoms with Crippen LogP contribution in [0.15, 0.2) is 45.8 Å². The minimum absolute atomic E-state index is 0.113. The highest BCUT2D eigenvalue weighted by Crippen LogP contribution is 2.26. The van der Waals surface area contributed by atoms with Crippen LogP contribution in [0, 0.1) is 5.82 Å². The Kier molecular flexibility index (Phi) is 4.38. The first-order valence-corrected chi connectivity index (χ1v) is 8.02. The number of nitrogens with one attached hydrogen (secondary N) is 1. The SMILES string of the molecule is COc1cc(Br)cc(NS(=O)(=O)c2ccc(N)c(F)c2)c1. The highest BCUT2D eigenvalue weighted by molar-refractivity contribution is 9.10. The van der Waals surface area contributed by atoms with Crippen molar-refractivity contribution < 1.29 is 17.5 Å². The molecule has 5 nitrogen and oxygen atoms in total. The Morgan fingerprint density at radius 3 is 2.57 bits per heavy atom. The summed E-state index contributed by atoms with van der Waals surface area (Å²) in [7, 11) is -2.45. The van der Waals surface area contributed by atoms with E-state index in [2.05, 4.69) is 20.7 Å². The van der Waals surface area contributed by atoms with Gasteiger partial charge in [-0.3, -0.25) is 4.72 Å². The van der Waals surface area contributed by atoms with E-state index in [1.165, 1.54) is 25.3 Å². The average molecular weight is 375 g/mol. The van der Waals surface area contributed by atoms with E-state index in [1.54, 1.807) is 12.1 Å². The van der Waals surface area contributed by atoms with E-state index in [1.807, 2.05) is 0 Å². The fourth-order valence-electron chi connectivity index (χ4n) is 1.63. The van der Waals surface area contributed by atoms with Crippen molar-refractivity contribution in [3.8, 4) is 5.75 Å². The number of hydrogen-bond acceptors (Lipinski definition) is 4. The van der Waals surface area contributed by atoms with Crippen LogP contribution >= 0.6 is 15.9 Å². The predicted octanol–water partition coefficient (Wildman–Crippen LogP) is 2.98. The Bertz CT molecular complexity index is 781. The first-order chi connectivity index (χ1) is 9.81. The van der Waals surface area contributed by atoms with Crippen LogP contribution < -0.4 is 15.2 Å². The number of halogens is 2. The van der Waals surface area contributed by atoms with E-state index in [-0.39, 0.29) is 10.6 Å². The van der Waals surface area contributed by atoms with Gasteiger partial charge in [-0.1, -0.05) is 15.9 Å². The molecule has 0 spiro atoms. The highest BCUT2D eigenvalue weighted by atomic mass is 79.9. The van der Waals surface area contributed by atoms with Crippen molar-refractivity contribution in [3.63, 3.8) is 0 Å². The minimum atomic E-state index is -3.92. The molecular formula is C13H12BrFN2O3S. The Morgan fingerprint density at radius 1 is 1.24 bits per heavy atom. The summed E-state index contributed by atoms with van der Waals surface area (Å²) < 4.78 is 45.8. The molecule has 0 aliphatic rings. The van der Waals surface area contributed by atoms with Crippen LogP contribution in [0.1, 0.15) is 0 Å². The maximum absolute atomic E-state index is 13.4. The summed E-state index contributed by atoms with van der Waals surface area (Å²) in [4.78, 5) is -0.215. The van der Waals surface area contributed by atoms with Crippen molar-refractivity contribution in [2.45, 2.75) is 4.90 Å². The molecular weight excluding hydrogens is 363 g/mol. The Morgan fingerprint density at radius 2 is 1.95 bits per heavy atom. The molecule has 8 heteroatoms. The van der Waals surface area contributed by atoms with Crippen LogP contribution in [0.4, 0.5) is 15.8 Å². The fourth-order valence-corrected chi connectivity index (χ4v) is 3.15. The molecule has 0 heterocycles. The molecule has 21 heavy (non-hydrogen) atoms. The molecule has 0 saturated carbocycles. The number of nitrogens with two attached hydrogens (primary N) is 1. The zero-order valence-electron chi connectivity index (χ0n) is 10.9. The third-order valence-corrected chi connectivity index (χ3v) is 4.48. The van der Waals surface area contributed by atoms with Crippen LogP contribution in [-0.2, 0) is 10.0 Å². The van der Waals surface area contributed by atoms with E-state index in [0.29, 0.717) is 15.9 Å². The standard InChI is InChI=1S/C13H12BrFN2O3S/c1-20-10-5-8(14)4-9(6-10)17-21(18,19)11-2-3-13(16)12(15)7-11/h2-7,17H,16H2,1H3. The van der Waals surface area contributed by atoms with Gasteiger partial charge >= 0.3 is 0 Å². The summed E-state index contributed by atoms with van der Waals surface area (Å²) in [5.74, 6) is -0.310. The quantitative estimate of drug-likeness (QED) is 0.806. The average Bonchev–Trinajstić information content (AvgIpc) is 2.40. The Hall–Kier alpha value is -1.80. The second kappa shape index (κ2) is 5.90. The monoisotopic (exact) mass is 374 g/mol. The van der Waals surface area contributed by atoms with Crippen molar-refractivity contribution in [1.29, 1.82) is 0 Å². The van der Waals surface area contributed by atoms with Crippen molar-refractivity contribution in [2.24, 2.45) is 0 Å². The number of sulfonamides is 1. The molecule has 0 atom stereocenters. The van der Waals surface area contributed by atoms with Gasteiger partial charge in [0.1, 0.15) is 11.6 Å². The summed E-state index contributed by atoms with van der Waals surface area (Å²) in [5, 5.41) is 0. The van der Waals surface area contributed by atoms with Crippen LogP contribution in [0.5, 0.6) is 5.75 Å². The van der Waals surface area contributed by atoms with Gasteiger partial charge in [-0.25, -0.2) is 12.8 Å². The Labute approximate surface area is 130 Å². The molecule has 0 aliphatic carbocycles. The van der Waals surface area contributed by atoms with Crippen LogP contribution in [0.2, 0.25) is 0 Å². The number of anilines is 2. The van der Waals surface area contributed by atoms with E-state index in [9.17, 15) is 12.8 Å². The molecule has 2 aromatic rings. The zero-order valence-corrected chi connectivity index (χ0v) is 13.3. The summed E-state index contributed by atoms with van der Waals surface area (Å²) in [6.07, 6.45) is 0. The molecule has 0 bridgehead atoms. The van der Waals surface area contributed by atoms with Crippen molar-refractivity contribution >= 4 is 37.3 Å². The van der Waals surface area contributed by atoms with Gasteiger partial charge in [-0.05, 0) is 30.3 Å². The van der Waals surface area contributed by atoms with Crippen molar-refractivity contribution in [2.75, 3.05) is 17.6 Å². The maximum atomic E-state index is 13.4. The lowest BCUT2D eigenvalue weighted by Gasteiger charge is -2.10. The molecule has 3 N–H and O–H groups in total. The first-order valence-electron chi connectivity index (χ1n) is 5.74. The normalized spacial score (nSPS) is 11.2. The molecule has 0 amide bonds. The maximum Gasteiger partial charge on any atom is 0.262 e. The zero-order chi connectivity index (χ0) is 15.6. The third kappa shape index (κ3) is 3.64. The largest absolute Gasteiger partial charge is 0.497 e. The molecule has 0 aliphatic heterocycles. The number of ether oxygens (including phenoxy) is 1. The second-order valence-electron chi connectivity index (χ2n) is 4.17. The van der Waals surface area contributed by atoms with E-state index >= 15 is 0 Å². The van der Waals surface area contributed by atoms with Crippen LogP contribution in [-0.4, -0.2) is 15.5 Å². The predicted molar refractivity (Wildman–Crippen MR) is 82.3 cm³/mol. The second-order valence-corrected chi connectivity index (χ2v) is 6.77. The third-order valence-electron chi connectivity index (χ3n) is 2.64. The number of hydrogen-bond donors (Lipinski definition) is 2. The lowest BCUT2D eigenvalue weighted by Crippen LogP contribution is -2.13. The van der Waals surface area contributed by atoms with E-state index in [0.717, 1.165) is 6.07 Å². The summed E-state index contributed by atoms with van der Waals surface area (Å²) in [6, 6.07) is 8.05. The number of rotatable bonds is 4. The lowest BCUT2D eigenvalue weighted by molar-refractivity contribution is 0.415. The van der Waals surface area contributed by atoms with Crippen molar-refractivity contribution in [1.82, 2.24) is 0 Å². The van der Waals surface area contributed by atoms with Gasteiger partial charge in [0.2, 0.25) is 0 Å². The molecule has 112 valence electrons. The molecule has 2 rings (SSSR count). The van der Waals surface area contributed by atoms with Crippen LogP contribution in [0.25, 0.3) is 0 Å². The Balaban J connectivity index is 2.37. The number of benzene rings is 2. The fraction of sp³-hybridized carbons (Fsp3) is 0.0769. The number of nitrogen functional groups attached to an aromatic ring is 1. The van der Waals surface area contributed by atoms with Gasteiger partial charge in [0.15, 0.2) is 0 Å². The number of methoxy groups -OCH3 is 1. The first kappa shape index (κ1) is 15.6. The van der Waals surface area contributed by atoms with Gasteiger partial charge in [0.05, 0.1) is 23.4 Å². The highest BCUT2D eigenvalue weighted by Gasteiger charge is 2.16. The molecule has 2 aromatic carbocycles. The van der Waals surface area contributed by atoms with Gasteiger partial charge in [0, 0.05) is 10.5 Å². The lowest BCUT2D eigenvalue weighted by atomic mass is 10.3. The van der Waals surface area contributed by atoms with Crippen molar-refractivity contribution in [3.05, 3.63) is 46.7 Å². The van der Waals surface area contributed by atoms with Gasteiger partial charge in [-0.15, -0.1) is 0 Å².